The van der Waals surface area contributed by atoms with Crippen LogP contribution in [-0.2, 0) is 0 Å². The number of rotatable bonds is 3. The van der Waals surface area contributed by atoms with Crippen molar-refractivity contribution in [3.63, 3.8) is 0 Å². The molecule has 0 saturated carbocycles. The third-order valence-electron chi connectivity index (χ3n) is 2.49. The van der Waals surface area contributed by atoms with Crippen molar-refractivity contribution in [2.24, 2.45) is 0 Å². The molecule has 1 aromatic carbocycles. The van der Waals surface area contributed by atoms with Crippen molar-refractivity contribution < 1.29 is 14.3 Å². The van der Waals surface area contributed by atoms with Crippen LogP contribution < -0.4 is 4.74 Å². The summed E-state index contributed by atoms with van der Waals surface area (Å²) in [4.78, 5) is 23.4. The highest BCUT2D eigenvalue weighted by atomic mass is 32.1. The molecule has 0 atom stereocenters. The second-order valence-corrected chi connectivity index (χ2v) is 5.09. The summed E-state index contributed by atoms with van der Waals surface area (Å²) in [5, 5.41) is 0. The molecule has 1 aromatic heterocycles. The number of esters is 1. The average Bonchev–Trinajstić information content (AvgIpc) is 2.82. The molecule has 2 rings (SSSR count). The first-order valence-corrected chi connectivity index (χ1v) is 6.26. The summed E-state index contributed by atoms with van der Waals surface area (Å²) in [5.41, 5.74) is 1.93. The Morgan fingerprint density at radius 3 is 2.67 bits per heavy atom. The van der Waals surface area contributed by atoms with E-state index < -0.39 is 5.97 Å². The molecule has 2 aromatic rings. The Morgan fingerprint density at radius 2 is 2.00 bits per heavy atom. The van der Waals surface area contributed by atoms with Crippen LogP contribution in [0, 0.1) is 13.8 Å². The van der Waals surface area contributed by atoms with E-state index in [0.717, 1.165) is 28.7 Å². The highest BCUT2D eigenvalue weighted by Crippen LogP contribution is 2.22. The molecule has 0 bridgehead atoms. The van der Waals surface area contributed by atoms with Gasteiger partial charge in [0.05, 0.1) is 4.88 Å². The van der Waals surface area contributed by atoms with Crippen LogP contribution in [0.25, 0.3) is 0 Å². The summed E-state index contributed by atoms with van der Waals surface area (Å²) in [7, 11) is 0. The Kier molecular flexibility index (Phi) is 3.58. The van der Waals surface area contributed by atoms with Crippen molar-refractivity contribution >= 4 is 23.6 Å². The number of hydrogen-bond donors (Lipinski definition) is 0. The molecule has 0 saturated heterocycles. The lowest BCUT2D eigenvalue weighted by Gasteiger charge is -2.06. The standard InChI is InChI=1S/C14H12O3S/c1-9-3-4-10(2)12(7-9)17-14(16)13-6-5-11(8-15)18-13/h3-8H,1-2H3. The first kappa shape index (κ1) is 12.5. The molecule has 0 unspecified atom stereocenters. The van der Waals surface area contributed by atoms with Crippen molar-refractivity contribution in [3.05, 3.63) is 51.2 Å². The van der Waals surface area contributed by atoms with Crippen LogP contribution in [0.15, 0.2) is 30.3 Å². The number of carbonyl (C=O) groups excluding carboxylic acids is 2. The summed E-state index contributed by atoms with van der Waals surface area (Å²) < 4.78 is 5.33. The fraction of sp³-hybridized carbons (Fsp3) is 0.143. The van der Waals surface area contributed by atoms with E-state index in [2.05, 4.69) is 0 Å². The van der Waals surface area contributed by atoms with Gasteiger partial charge in [-0.3, -0.25) is 4.79 Å². The number of hydrogen-bond acceptors (Lipinski definition) is 4. The van der Waals surface area contributed by atoms with Crippen LogP contribution >= 0.6 is 11.3 Å². The smallest absolute Gasteiger partial charge is 0.353 e. The van der Waals surface area contributed by atoms with E-state index in [1.807, 2.05) is 32.0 Å². The van der Waals surface area contributed by atoms with Gasteiger partial charge in [0, 0.05) is 0 Å². The number of aldehydes is 1. The molecule has 0 aliphatic heterocycles. The van der Waals surface area contributed by atoms with E-state index in [-0.39, 0.29) is 0 Å². The molecule has 3 nitrogen and oxygen atoms in total. The molecule has 18 heavy (non-hydrogen) atoms. The van der Waals surface area contributed by atoms with Crippen molar-refractivity contribution in [1.82, 2.24) is 0 Å². The third kappa shape index (κ3) is 2.65. The van der Waals surface area contributed by atoms with E-state index in [1.165, 1.54) is 0 Å². The maximum atomic E-state index is 11.9. The summed E-state index contributed by atoms with van der Waals surface area (Å²) >= 11 is 1.13. The maximum absolute atomic E-state index is 11.9. The summed E-state index contributed by atoms with van der Waals surface area (Å²) in [5.74, 6) is 0.128. The lowest BCUT2D eigenvalue weighted by atomic mass is 10.1. The van der Waals surface area contributed by atoms with Gasteiger partial charge in [0.25, 0.3) is 0 Å². The minimum Gasteiger partial charge on any atom is -0.422 e. The molecule has 4 heteroatoms. The fourth-order valence-corrected chi connectivity index (χ4v) is 2.19. The van der Waals surface area contributed by atoms with Crippen LogP contribution in [-0.4, -0.2) is 12.3 Å². The van der Waals surface area contributed by atoms with E-state index in [4.69, 9.17) is 4.74 Å². The van der Waals surface area contributed by atoms with Gasteiger partial charge < -0.3 is 4.74 Å². The lowest BCUT2D eigenvalue weighted by Crippen LogP contribution is -2.07. The van der Waals surface area contributed by atoms with E-state index in [0.29, 0.717) is 15.5 Å². The predicted molar refractivity (Wildman–Crippen MR) is 70.6 cm³/mol. The lowest BCUT2D eigenvalue weighted by molar-refractivity contribution is 0.0738. The monoisotopic (exact) mass is 260 g/mol. The second-order valence-electron chi connectivity index (χ2n) is 3.98. The van der Waals surface area contributed by atoms with Crippen LogP contribution in [0.1, 0.15) is 30.5 Å². The zero-order chi connectivity index (χ0) is 13.1. The van der Waals surface area contributed by atoms with Gasteiger partial charge >= 0.3 is 5.97 Å². The largest absolute Gasteiger partial charge is 0.422 e. The Hall–Kier alpha value is -1.94. The number of ether oxygens (including phenoxy) is 1. The molecule has 0 amide bonds. The van der Waals surface area contributed by atoms with Gasteiger partial charge in [-0.2, -0.15) is 0 Å². The van der Waals surface area contributed by atoms with Gasteiger partial charge in [-0.05, 0) is 43.2 Å². The zero-order valence-electron chi connectivity index (χ0n) is 10.1. The van der Waals surface area contributed by atoms with Crippen LogP contribution in [0.2, 0.25) is 0 Å². The van der Waals surface area contributed by atoms with E-state index in [1.54, 1.807) is 12.1 Å². The summed E-state index contributed by atoms with van der Waals surface area (Å²) in [6.45, 7) is 3.82. The Bertz CT molecular complexity index is 599. The van der Waals surface area contributed by atoms with Crippen molar-refractivity contribution in [1.29, 1.82) is 0 Å². The molecule has 0 fully saturated rings. The normalized spacial score (nSPS) is 10.1. The number of benzene rings is 1. The molecular weight excluding hydrogens is 248 g/mol. The molecule has 0 aliphatic carbocycles. The molecule has 92 valence electrons. The topological polar surface area (TPSA) is 43.4 Å². The third-order valence-corrected chi connectivity index (χ3v) is 3.48. The fourth-order valence-electron chi connectivity index (χ4n) is 1.49. The Labute approximate surface area is 109 Å². The van der Waals surface area contributed by atoms with Crippen LogP contribution in [0.4, 0.5) is 0 Å². The van der Waals surface area contributed by atoms with E-state index >= 15 is 0 Å². The van der Waals surface area contributed by atoms with Crippen LogP contribution in [0.3, 0.4) is 0 Å². The van der Waals surface area contributed by atoms with Gasteiger partial charge in [0.2, 0.25) is 0 Å². The highest BCUT2D eigenvalue weighted by Gasteiger charge is 2.13. The van der Waals surface area contributed by atoms with Crippen LogP contribution in [0.5, 0.6) is 5.75 Å². The first-order valence-electron chi connectivity index (χ1n) is 5.44. The Morgan fingerprint density at radius 1 is 1.22 bits per heavy atom. The minimum atomic E-state index is -0.429. The van der Waals surface area contributed by atoms with Gasteiger partial charge in [-0.25, -0.2) is 4.79 Å². The summed E-state index contributed by atoms with van der Waals surface area (Å²) in [6.07, 6.45) is 0.722. The summed E-state index contributed by atoms with van der Waals surface area (Å²) in [6, 6.07) is 8.90. The predicted octanol–water partition coefficient (Wildman–Crippen LogP) is 3.40. The van der Waals surface area contributed by atoms with Gasteiger partial charge in [0.15, 0.2) is 6.29 Å². The SMILES string of the molecule is Cc1ccc(C)c(OC(=O)c2ccc(C=O)s2)c1. The molecule has 0 aliphatic rings. The zero-order valence-corrected chi connectivity index (χ0v) is 10.9. The molecule has 1 heterocycles. The van der Waals surface area contributed by atoms with E-state index in [9.17, 15) is 9.59 Å². The second kappa shape index (κ2) is 5.14. The number of thiophene rings is 1. The number of aryl methyl sites for hydroxylation is 2. The quantitative estimate of drug-likeness (QED) is 0.482. The van der Waals surface area contributed by atoms with Gasteiger partial charge in [-0.15, -0.1) is 11.3 Å². The minimum absolute atomic E-state index is 0.429. The molecular formula is C14H12O3S. The highest BCUT2D eigenvalue weighted by molar-refractivity contribution is 7.15. The molecule has 0 radical (unpaired) electrons. The van der Waals surface area contributed by atoms with Gasteiger partial charge in [0.1, 0.15) is 10.6 Å². The first-order chi connectivity index (χ1) is 8.60. The maximum Gasteiger partial charge on any atom is 0.353 e. The molecule has 0 N–H and O–H groups in total. The average molecular weight is 260 g/mol. The number of carbonyl (C=O) groups is 2. The molecule has 0 spiro atoms. The van der Waals surface area contributed by atoms with Crippen molar-refractivity contribution in [3.8, 4) is 5.75 Å². The Balaban J connectivity index is 2.20. The van der Waals surface area contributed by atoms with Crippen molar-refractivity contribution in [2.75, 3.05) is 0 Å². The van der Waals surface area contributed by atoms with Gasteiger partial charge in [-0.1, -0.05) is 12.1 Å². The van der Waals surface area contributed by atoms with Crippen molar-refractivity contribution in [2.45, 2.75) is 13.8 Å².